The predicted octanol–water partition coefficient (Wildman–Crippen LogP) is 2.96. The molecule has 0 aromatic heterocycles. The minimum Gasteiger partial charge on any atom is -0.497 e. The van der Waals surface area contributed by atoms with E-state index in [-0.39, 0.29) is 11.8 Å². The van der Waals surface area contributed by atoms with Gasteiger partial charge in [0.2, 0.25) is 5.91 Å². The van der Waals surface area contributed by atoms with Gasteiger partial charge in [0.15, 0.2) is 0 Å². The summed E-state index contributed by atoms with van der Waals surface area (Å²) < 4.78 is 10.9. The van der Waals surface area contributed by atoms with Gasteiger partial charge in [0.25, 0.3) is 5.91 Å². The van der Waals surface area contributed by atoms with Gasteiger partial charge in [-0.2, -0.15) is 0 Å². The van der Waals surface area contributed by atoms with Crippen LogP contribution in [0.3, 0.4) is 0 Å². The third-order valence-corrected chi connectivity index (χ3v) is 6.87. The zero-order chi connectivity index (χ0) is 22.5. The number of amides is 2. The molecule has 0 aliphatic carbocycles. The van der Waals surface area contributed by atoms with E-state index in [1.165, 1.54) is 0 Å². The lowest BCUT2D eigenvalue weighted by Gasteiger charge is -2.38. The largest absolute Gasteiger partial charge is 0.497 e. The quantitative estimate of drug-likeness (QED) is 0.668. The van der Waals surface area contributed by atoms with Gasteiger partial charge in [0.05, 0.1) is 25.3 Å². The van der Waals surface area contributed by atoms with Crippen LogP contribution in [0.5, 0.6) is 11.5 Å². The van der Waals surface area contributed by atoms with E-state index in [0.29, 0.717) is 42.6 Å². The van der Waals surface area contributed by atoms with Crippen LogP contribution in [0.4, 0.5) is 5.69 Å². The van der Waals surface area contributed by atoms with Crippen LogP contribution >= 0.6 is 11.8 Å². The molecule has 0 bridgehead atoms. The molecule has 0 spiro atoms. The Bertz CT molecular complexity index is 945. The zero-order valence-corrected chi connectivity index (χ0v) is 19.3. The summed E-state index contributed by atoms with van der Waals surface area (Å²) in [4.78, 5) is 32.2. The van der Waals surface area contributed by atoms with Gasteiger partial charge in [0.1, 0.15) is 17.5 Å². The summed E-state index contributed by atoms with van der Waals surface area (Å²) in [6, 6.07) is 14.6. The minimum atomic E-state index is -0.420. The van der Waals surface area contributed by atoms with Gasteiger partial charge in [-0.25, -0.2) is 0 Å². The van der Waals surface area contributed by atoms with Gasteiger partial charge in [-0.3, -0.25) is 9.59 Å². The van der Waals surface area contributed by atoms with E-state index >= 15 is 0 Å². The summed E-state index contributed by atoms with van der Waals surface area (Å²) in [5.41, 5.74) is 1.64. The zero-order valence-electron chi connectivity index (χ0n) is 18.5. The van der Waals surface area contributed by atoms with Gasteiger partial charge < -0.3 is 24.2 Å². The van der Waals surface area contributed by atoms with Crippen molar-refractivity contribution in [3.05, 3.63) is 54.1 Å². The highest BCUT2D eigenvalue weighted by Gasteiger charge is 2.38. The number of thioether (sulfide) groups is 1. The molecule has 2 aliphatic heterocycles. The Labute approximate surface area is 193 Å². The Kier molecular flexibility index (Phi) is 7.09. The summed E-state index contributed by atoms with van der Waals surface area (Å²) in [6.45, 7) is 5.33. The van der Waals surface area contributed by atoms with Gasteiger partial charge >= 0.3 is 0 Å². The van der Waals surface area contributed by atoms with Crippen molar-refractivity contribution in [1.29, 1.82) is 0 Å². The molecule has 2 amide bonds. The number of hydrogen-bond donors (Lipinski definition) is 0. The van der Waals surface area contributed by atoms with Crippen LogP contribution in [0.25, 0.3) is 0 Å². The molecular formula is C24H29N3O4S. The molecule has 4 rings (SSSR count). The molecule has 32 heavy (non-hydrogen) atoms. The number of anilines is 1. The van der Waals surface area contributed by atoms with Gasteiger partial charge in [-0.15, -0.1) is 11.8 Å². The second-order valence-corrected chi connectivity index (χ2v) is 8.73. The number of hydrogen-bond acceptors (Lipinski definition) is 6. The summed E-state index contributed by atoms with van der Waals surface area (Å²) in [6.07, 6.45) is 0. The Morgan fingerprint density at radius 1 is 1.03 bits per heavy atom. The number of carbonyl (C=O) groups excluding carboxylic acids is 2. The molecule has 8 heteroatoms. The smallest absolute Gasteiger partial charge is 0.255 e. The normalized spacial score (nSPS) is 18.6. The first-order valence-corrected chi connectivity index (χ1v) is 12.1. The Morgan fingerprint density at radius 3 is 2.44 bits per heavy atom. The topological polar surface area (TPSA) is 62.3 Å². The van der Waals surface area contributed by atoms with Crippen LogP contribution in [0, 0.1) is 0 Å². The van der Waals surface area contributed by atoms with Crippen LogP contribution in [-0.4, -0.2) is 79.2 Å². The predicted molar refractivity (Wildman–Crippen MR) is 127 cm³/mol. The van der Waals surface area contributed by atoms with Crippen molar-refractivity contribution in [3.63, 3.8) is 0 Å². The second kappa shape index (κ2) is 10.2. The first-order chi connectivity index (χ1) is 15.6. The molecule has 1 atom stereocenters. The fourth-order valence-corrected chi connectivity index (χ4v) is 5.27. The van der Waals surface area contributed by atoms with Gasteiger partial charge in [-0.05, 0) is 43.3 Å². The van der Waals surface area contributed by atoms with E-state index < -0.39 is 6.04 Å². The monoisotopic (exact) mass is 455 g/mol. The van der Waals surface area contributed by atoms with E-state index in [1.807, 2.05) is 30.0 Å². The number of ether oxygens (including phenoxy) is 2. The van der Waals surface area contributed by atoms with Crippen molar-refractivity contribution in [3.8, 4) is 11.5 Å². The fraction of sp³-hybridized carbons (Fsp3) is 0.417. The van der Waals surface area contributed by atoms with Crippen LogP contribution < -0.4 is 14.4 Å². The van der Waals surface area contributed by atoms with Crippen LogP contribution in [0.1, 0.15) is 17.3 Å². The van der Waals surface area contributed by atoms with Crippen LogP contribution in [0.15, 0.2) is 48.5 Å². The molecule has 2 saturated heterocycles. The number of piperazine rings is 1. The summed E-state index contributed by atoms with van der Waals surface area (Å²) in [7, 11) is 1.60. The van der Waals surface area contributed by atoms with Crippen molar-refractivity contribution in [2.75, 3.05) is 56.4 Å². The number of rotatable bonds is 6. The van der Waals surface area contributed by atoms with E-state index in [9.17, 15) is 9.59 Å². The van der Waals surface area contributed by atoms with E-state index in [1.54, 1.807) is 48.0 Å². The van der Waals surface area contributed by atoms with Crippen molar-refractivity contribution in [2.24, 2.45) is 0 Å². The molecule has 170 valence electrons. The number of carbonyl (C=O) groups is 2. The summed E-state index contributed by atoms with van der Waals surface area (Å²) in [5, 5.41) is 0. The molecule has 0 saturated carbocycles. The molecule has 2 aromatic carbocycles. The third-order valence-electron chi connectivity index (χ3n) is 5.86. The summed E-state index contributed by atoms with van der Waals surface area (Å²) >= 11 is 1.62. The standard InChI is InChI=1S/C24H29N3O4S/c1-3-31-22-7-5-4-6-20(22)25-12-14-26(15-13-25)24(29)21-16-32-17-27(21)23(28)18-8-10-19(30-2)11-9-18/h4-11,21H,3,12-17H2,1-2H3. The fourth-order valence-electron chi connectivity index (χ4n) is 4.12. The minimum absolute atomic E-state index is 0.0367. The lowest BCUT2D eigenvalue weighted by Crippen LogP contribution is -2.55. The molecule has 2 heterocycles. The highest BCUT2D eigenvalue weighted by molar-refractivity contribution is 7.99. The number of methoxy groups -OCH3 is 1. The average molecular weight is 456 g/mol. The highest BCUT2D eigenvalue weighted by atomic mass is 32.2. The summed E-state index contributed by atoms with van der Waals surface area (Å²) in [5.74, 6) is 2.67. The maximum absolute atomic E-state index is 13.3. The van der Waals surface area contributed by atoms with Crippen molar-refractivity contribution in [1.82, 2.24) is 9.80 Å². The first kappa shape index (κ1) is 22.3. The second-order valence-electron chi connectivity index (χ2n) is 7.73. The van der Waals surface area contributed by atoms with E-state index in [4.69, 9.17) is 9.47 Å². The van der Waals surface area contributed by atoms with Crippen LogP contribution in [0.2, 0.25) is 0 Å². The van der Waals surface area contributed by atoms with Crippen molar-refractivity contribution < 1.29 is 19.1 Å². The van der Waals surface area contributed by atoms with Gasteiger partial charge in [-0.1, -0.05) is 12.1 Å². The molecular weight excluding hydrogens is 426 g/mol. The maximum atomic E-state index is 13.3. The highest BCUT2D eigenvalue weighted by Crippen LogP contribution is 2.30. The Balaban J connectivity index is 1.39. The van der Waals surface area contributed by atoms with Crippen molar-refractivity contribution >= 4 is 29.3 Å². The maximum Gasteiger partial charge on any atom is 0.255 e. The lowest BCUT2D eigenvalue weighted by atomic mass is 10.1. The van der Waals surface area contributed by atoms with E-state index in [2.05, 4.69) is 11.0 Å². The average Bonchev–Trinajstić information content (AvgIpc) is 3.34. The number of benzene rings is 2. The molecule has 7 nitrogen and oxygen atoms in total. The Hall–Kier alpha value is -2.87. The number of nitrogens with zero attached hydrogens (tertiary/aromatic N) is 3. The SMILES string of the molecule is CCOc1ccccc1N1CCN(C(=O)C2CSCN2C(=O)c2ccc(OC)cc2)CC1. The molecule has 1 unspecified atom stereocenters. The molecule has 0 N–H and O–H groups in total. The molecule has 0 radical (unpaired) electrons. The first-order valence-electron chi connectivity index (χ1n) is 10.9. The van der Waals surface area contributed by atoms with E-state index in [0.717, 1.165) is 24.5 Å². The Morgan fingerprint density at radius 2 is 1.75 bits per heavy atom. The number of para-hydroxylation sites is 2. The van der Waals surface area contributed by atoms with Crippen molar-refractivity contribution in [2.45, 2.75) is 13.0 Å². The molecule has 2 aromatic rings. The third kappa shape index (κ3) is 4.65. The van der Waals surface area contributed by atoms with Gasteiger partial charge in [0, 0.05) is 37.5 Å². The van der Waals surface area contributed by atoms with Crippen LogP contribution in [-0.2, 0) is 4.79 Å². The lowest BCUT2D eigenvalue weighted by molar-refractivity contribution is -0.135. The molecule has 2 aliphatic rings. The molecule has 2 fully saturated rings.